The monoisotopic (exact) mass is 214 g/mol. The first-order valence-corrected chi connectivity index (χ1v) is 5.22. The predicted octanol–water partition coefficient (Wildman–Crippen LogP) is 1.47. The minimum absolute atomic E-state index is 0.724. The van der Waals surface area contributed by atoms with Crippen molar-refractivity contribution >= 4 is 0 Å². The Morgan fingerprint density at radius 2 is 2.00 bits per heavy atom. The number of rotatable bonds is 4. The lowest BCUT2D eigenvalue weighted by Gasteiger charge is -2.03. The van der Waals surface area contributed by atoms with Gasteiger partial charge in [0.25, 0.3) is 0 Å². The molecule has 0 bridgehead atoms. The summed E-state index contributed by atoms with van der Waals surface area (Å²) in [5.74, 6) is 0. The molecule has 0 radical (unpaired) electrons. The van der Waals surface area contributed by atoms with Gasteiger partial charge in [-0.2, -0.15) is 0 Å². The molecule has 2 aromatic heterocycles. The number of hydrogen-bond acceptors (Lipinski definition) is 4. The fraction of sp³-hybridized carbons (Fsp3) is 0.250. The Morgan fingerprint density at radius 3 is 2.69 bits per heavy atom. The summed E-state index contributed by atoms with van der Waals surface area (Å²) in [6.45, 7) is 3.50. The Labute approximate surface area is 94.8 Å². The average Bonchev–Trinajstić information content (AvgIpc) is 2.33. The molecule has 0 atom stereocenters. The molecule has 16 heavy (non-hydrogen) atoms. The van der Waals surface area contributed by atoms with Crippen molar-refractivity contribution in [3.05, 3.63) is 53.9 Å². The molecule has 1 N–H and O–H groups in total. The molecule has 0 saturated heterocycles. The van der Waals surface area contributed by atoms with Gasteiger partial charge < -0.3 is 5.32 Å². The van der Waals surface area contributed by atoms with Gasteiger partial charge in [-0.15, -0.1) is 0 Å². The fourth-order valence-electron chi connectivity index (χ4n) is 1.36. The van der Waals surface area contributed by atoms with Crippen molar-refractivity contribution < 1.29 is 0 Å². The first-order chi connectivity index (χ1) is 7.84. The van der Waals surface area contributed by atoms with Crippen LogP contribution in [0.1, 0.15) is 17.0 Å². The van der Waals surface area contributed by atoms with Gasteiger partial charge in [0, 0.05) is 43.6 Å². The smallest absolute Gasteiger partial charge is 0.0724 e. The molecule has 0 saturated carbocycles. The van der Waals surface area contributed by atoms with E-state index < -0.39 is 0 Å². The molecular weight excluding hydrogens is 200 g/mol. The highest BCUT2D eigenvalue weighted by molar-refractivity contribution is 5.12. The molecule has 0 amide bonds. The minimum atomic E-state index is 0.724. The molecule has 2 heterocycles. The van der Waals surface area contributed by atoms with Crippen LogP contribution in [-0.2, 0) is 13.1 Å². The predicted molar refractivity (Wildman–Crippen MR) is 61.5 cm³/mol. The lowest BCUT2D eigenvalue weighted by molar-refractivity contribution is 0.675. The number of aryl methyl sites for hydroxylation is 1. The van der Waals surface area contributed by atoms with Gasteiger partial charge in [-0.05, 0) is 18.6 Å². The zero-order chi connectivity index (χ0) is 11.2. The molecule has 0 aliphatic heterocycles. The second-order valence-electron chi connectivity index (χ2n) is 3.61. The lowest BCUT2D eigenvalue weighted by Crippen LogP contribution is -2.13. The third-order valence-corrected chi connectivity index (χ3v) is 2.22. The summed E-state index contributed by atoms with van der Waals surface area (Å²) in [5, 5.41) is 3.29. The van der Waals surface area contributed by atoms with E-state index in [1.54, 1.807) is 18.6 Å². The molecule has 4 heteroatoms. The normalized spacial score (nSPS) is 10.3. The van der Waals surface area contributed by atoms with Crippen LogP contribution in [0.15, 0.2) is 36.9 Å². The van der Waals surface area contributed by atoms with Crippen molar-refractivity contribution in [3.8, 4) is 0 Å². The summed E-state index contributed by atoms with van der Waals surface area (Å²) in [7, 11) is 0. The summed E-state index contributed by atoms with van der Waals surface area (Å²) in [4.78, 5) is 12.4. The van der Waals surface area contributed by atoms with Crippen LogP contribution in [0.25, 0.3) is 0 Å². The molecule has 4 nitrogen and oxygen atoms in total. The lowest BCUT2D eigenvalue weighted by atomic mass is 10.2. The zero-order valence-corrected chi connectivity index (χ0v) is 9.22. The van der Waals surface area contributed by atoms with Gasteiger partial charge in [-0.3, -0.25) is 15.0 Å². The molecule has 0 aliphatic carbocycles. The van der Waals surface area contributed by atoms with Crippen molar-refractivity contribution in [1.29, 1.82) is 0 Å². The SMILES string of the molecule is Cc1ccc(CNCc2cnccn2)cn1. The molecule has 82 valence electrons. The molecule has 2 rings (SSSR count). The molecule has 0 unspecified atom stereocenters. The van der Waals surface area contributed by atoms with Crippen LogP contribution < -0.4 is 5.32 Å². The highest BCUT2D eigenvalue weighted by Crippen LogP contribution is 1.99. The van der Waals surface area contributed by atoms with Crippen LogP contribution in [-0.4, -0.2) is 15.0 Å². The standard InChI is InChI=1S/C12H14N4/c1-10-2-3-11(7-16-10)6-14-9-12-8-13-4-5-15-12/h2-5,7-8,14H,6,9H2,1H3. The van der Waals surface area contributed by atoms with E-state index in [2.05, 4.69) is 26.3 Å². The van der Waals surface area contributed by atoms with Crippen LogP contribution in [0.5, 0.6) is 0 Å². The number of pyridine rings is 1. The summed E-state index contributed by atoms with van der Waals surface area (Å²) in [6, 6.07) is 4.09. The van der Waals surface area contributed by atoms with Crippen LogP contribution >= 0.6 is 0 Å². The second kappa shape index (κ2) is 5.32. The van der Waals surface area contributed by atoms with Crippen molar-refractivity contribution in [1.82, 2.24) is 20.3 Å². The van der Waals surface area contributed by atoms with Crippen molar-refractivity contribution in [2.45, 2.75) is 20.0 Å². The summed E-state index contributed by atoms with van der Waals surface area (Å²) in [5.41, 5.74) is 3.16. The van der Waals surface area contributed by atoms with Gasteiger partial charge in [0.1, 0.15) is 0 Å². The second-order valence-corrected chi connectivity index (χ2v) is 3.61. The van der Waals surface area contributed by atoms with Crippen LogP contribution in [0.4, 0.5) is 0 Å². The highest BCUT2D eigenvalue weighted by Gasteiger charge is 1.95. The summed E-state index contributed by atoms with van der Waals surface area (Å²) < 4.78 is 0. The quantitative estimate of drug-likeness (QED) is 0.837. The Balaban J connectivity index is 1.82. The largest absolute Gasteiger partial charge is 0.307 e. The van der Waals surface area contributed by atoms with Gasteiger partial charge in [0.2, 0.25) is 0 Å². The van der Waals surface area contributed by atoms with E-state index in [-0.39, 0.29) is 0 Å². The number of nitrogens with zero attached hydrogens (tertiary/aromatic N) is 3. The van der Waals surface area contributed by atoms with Gasteiger partial charge in [-0.1, -0.05) is 6.07 Å². The van der Waals surface area contributed by atoms with E-state index in [0.717, 1.165) is 24.5 Å². The van der Waals surface area contributed by atoms with E-state index in [0.29, 0.717) is 0 Å². The van der Waals surface area contributed by atoms with E-state index in [1.807, 2.05) is 19.2 Å². The first kappa shape index (κ1) is 10.7. The third kappa shape index (κ3) is 3.10. The molecule has 0 fully saturated rings. The number of aromatic nitrogens is 3. The highest BCUT2D eigenvalue weighted by atomic mass is 14.9. The zero-order valence-electron chi connectivity index (χ0n) is 9.22. The Kier molecular flexibility index (Phi) is 3.56. The number of nitrogens with one attached hydrogen (secondary N) is 1. The van der Waals surface area contributed by atoms with Crippen molar-refractivity contribution in [3.63, 3.8) is 0 Å². The maximum Gasteiger partial charge on any atom is 0.0724 e. The maximum atomic E-state index is 4.24. The molecule has 0 aromatic carbocycles. The van der Waals surface area contributed by atoms with Gasteiger partial charge in [-0.25, -0.2) is 0 Å². The van der Waals surface area contributed by atoms with E-state index in [1.165, 1.54) is 5.56 Å². The average molecular weight is 214 g/mol. The van der Waals surface area contributed by atoms with Gasteiger partial charge in [0.05, 0.1) is 5.69 Å². The van der Waals surface area contributed by atoms with Gasteiger partial charge >= 0.3 is 0 Å². The van der Waals surface area contributed by atoms with Gasteiger partial charge in [0.15, 0.2) is 0 Å². The fourth-order valence-corrected chi connectivity index (χ4v) is 1.36. The van der Waals surface area contributed by atoms with Crippen LogP contribution in [0.3, 0.4) is 0 Å². The van der Waals surface area contributed by atoms with E-state index in [9.17, 15) is 0 Å². The van der Waals surface area contributed by atoms with Crippen LogP contribution in [0, 0.1) is 6.92 Å². The maximum absolute atomic E-state index is 4.24. The Bertz CT molecular complexity index is 425. The number of hydrogen-bond donors (Lipinski definition) is 1. The van der Waals surface area contributed by atoms with E-state index in [4.69, 9.17) is 0 Å². The van der Waals surface area contributed by atoms with E-state index >= 15 is 0 Å². The molecule has 2 aromatic rings. The third-order valence-electron chi connectivity index (χ3n) is 2.22. The Morgan fingerprint density at radius 1 is 1.06 bits per heavy atom. The van der Waals surface area contributed by atoms with Crippen LogP contribution in [0.2, 0.25) is 0 Å². The minimum Gasteiger partial charge on any atom is -0.307 e. The Hall–Kier alpha value is -1.81. The molecular formula is C12H14N4. The van der Waals surface area contributed by atoms with Crippen molar-refractivity contribution in [2.75, 3.05) is 0 Å². The summed E-state index contributed by atoms with van der Waals surface area (Å²) in [6.07, 6.45) is 7.03. The first-order valence-electron chi connectivity index (χ1n) is 5.22. The molecule has 0 spiro atoms. The molecule has 0 aliphatic rings. The van der Waals surface area contributed by atoms with Crippen molar-refractivity contribution in [2.24, 2.45) is 0 Å². The summed E-state index contributed by atoms with van der Waals surface area (Å²) >= 11 is 0. The topological polar surface area (TPSA) is 50.7 Å².